The molecule has 0 radical (unpaired) electrons. The van der Waals surface area contributed by atoms with Gasteiger partial charge in [-0.25, -0.2) is 4.79 Å². The third kappa shape index (κ3) is 6.38. The Morgan fingerprint density at radius 1 is 0.800 bits per heavy atom. The maximum absolute atomic E-state index is 12.8. The molecular weight excluding hydrogens is 444 g/mol. The van der Waals surface area contributed by atoms with E-state index in [1.165, 1.54) is 0 Å². The summed E-state index contributed by atoms with van der Waals surface area (Å²) in [5.41, 5.74) is 2.45. The Hall–Kier alpha value is -4.33. The van der Waals surface area contributed by atoms with Gasteiger partial charge in [0.1, 0.15) is 5.75 Å². The van der Waals surface area contributed by atoms with E-state index in [1.54, 1.807) is 60.5 Å². The molecule has 1 aliphatic heterocycles. The van der Waals surface area contributed by atoms with Crippen molar-refractivity contribution < 1.29 is 19.1 Å². The summed E-state index contributed by atoms with van der Waals surface area (Å²) in [5, 5.41) is 8.61. The molecule has 4 rings (SSSR count). The maximum atomic E-state index is 12.8. The summed E-state index contributed by atoms with van der Waals surface area (Å²) >= 11 is 0. The predicted octanol–water partition coefficient (Wildman–Crippen LogP) is 4.83. The van der Waals surface area contributed by atoms with Crippen molar-refractivity contribution in [2.24, 2.45) is 5.92 Å². The average molecular weight is 473 g/mol. The Labute approximate surface area is 204 Å². The highest BCUT2D eigenvalue weighted by Gasteiger charge is 2.28. The second kappa shape index (κ2) is 11.2. The van der Waals surface area contributed by atoms with Crippen LogP contribution >= 0.6 is 0 Å². The van der Waals surface area contributed by atoms with E-state index in [9.17, 15) is 14.4 Å². The molecule has 1 saturated heterocycles. The molecule has 180 valence electrons. The standard InChI is InChI=1S/C27H28N4O4/c1-35-24-15-13-23(14-16-24)28-25(32)19-9-11-22(12-10-19)29-26(33)20-6-5-17-31(18-20)27(34)30-21-7-3-2-4-8-21/h2-4,7-16,20H,5-6,17-18H2,1H3,(H,28,32)(H,29,33)(H,30,34). The Kier molecular flexibility index (Phi) is 7.62. The molecule has 0 saturated carbocycles. The molecule has 3 N–H and O–H groups in total. The monoisotopic (exact) mass is 472 g/mol. The van der Waals surface area contributed by atoms with Crippen LogP contribution in [0, 0.1) is 5.92 Å². The van der Waals surface area contributed by atoms with Crippen LogP contribution in [0.4, 0.5) is 21.9 Å². The minimum absolute atomic E-state index is 0.141. The number of urea groups is 1. The molecule has 1 fully saturated rings. The minimum atomic E-state index is -0.302. The number of carbonyl (C=O) groups is 3. The number of piperidine rings is 1. The topological polar surface area (TPSA) is 99.8 Å². The number of ether oxygens (including phenoxy) is 1. The number of carbonyl (C=O) groups excluding carboxylic acids is 3. The van der Waals surface area contributed by atoms with Crippen LogP contribution in [0.5, 0.6) is 5.75 Å². The lowest BCUT2D eigenvalue weighted by atomic mass is 9.97. The number of hydrogen-bond acceptors (Lipinski definition) is 4. The van der Waals surface area contributed by atoms with Gasteiger partial charge in [0.25, 0.3) is 5.91 Å². The fourth-order valence-corrected chi connectivity index (χ4v) is 3.93. The van der Waals surface area contributed by atoms with Crippen LogP contribution in [0.25, 0.3) is 0 Å². The van der Waals surface area contributed by atoms with E-state index in [2.05, 4.69) is 16.0 Å². The first kappa shape index (κ1) is 23.8. The molecule has 0 aromatic heterocycles. The van der Waals surface area contributed by atoms with E-state index in [4.69, 9.17) is 4.74 Å². The van der Waals surface area contributed by atoms with E-state index in [0.29, 0.717) is 42.2 Å². The van der Waals surface area contributed by atoms with Crippen LogP contribution < -0.4 is 20.7 Å². The molecule has 8 heteroatoms. The SMILES string of the molecule is COc1ccc(NC(=O)c2ccc(NC(=O)C3CCCN(C(=O)Nc4ccccc4)C3)cc2)cc1. The van der Waals surface area contributed by atoms with Gasteiger partial charge in [0.15, 0.2) is 0 Å². The molecule has 1 heterocycles. The second-order valence-corrected chi connectivity index (χ2v) is 8.33. The van der Waals surface area contributed by atoms with Crippen molar-refractivity contribution in [2.45, 2.75) is 12.8 Å². The third-order valence-electron chi connectivity index (χ3n) is 5.87. The molecule has 1 atom stereocenters. The van der Waals surface area contributed by atoms with Crippen molar-refractivity contribution >= 4 is 34.9 Å². The average Bonchev–Trinajstić information content (AvgIpc) is 2.90. The fraction of sp³-hybridized carbons (Fsp3) is 0.222. The Morgan fingerprint density at radius 3 is 2.11 bits per heavy atom. The van der Waals surface area contributed by atoms with Crippen LogP contribution in [0.15, 0.2) is 78.9 Å². The lowest BCUT2D eigenvalue weighted by Gasteiger charge is -2.32. The van der Waals surface area contributed by atoms with Gasteiger partial charge in [-0.3, -0.25) is 9.59 Å². The second-order valence-electron chi connectivity index (χ2n) is 8.33. The quantitative estimate of drug-likeness (QED) is 0.478. The number of para-hydroxylation sites is 1. The summed E-state index contributed by atoms with van der Waals surface area (Å²) in [7, 11) is 1.58. The van der Waals surface area contributed by atoms with Gasteiger partial charge in [-0.2, -0.15) is 0 Å². The number of methoxy groups -OCH3 is 1. The summed E-state index contributed by atoms with van der Waals surface area (Å²) < 4.78 is 5.12. The highest BCUT2D eigenvalue weighted by molar-refractivity contribution is 6.04. The van der Waals surface area contributed by atoms with E-state index in [0.717, 1.165) is 12.1 Å². The van der Waals surface area contributed by atoms with Crippen molar-refractivity contribution in [2.75, 3.05) is 36.1 Å². The first-order valence-electron chi connectivity index (χ1n) is 11.5. The smallest absolute Gasteiger partial charge is 0.321 e. The highest BCUT2D eigenvalue weighted by atomic mass is 16.5. The summed E-state index contributed by atoms with van der Waals surface area (Å²) in [6.45, 7) is 0.966. The van der Waals surface area contributed by atoms with Gasteiger partial charge in [0.05, 0.1) is 13.0 Å². The van der Waals surface area contributed by atoms with Gasteiger partial charge in [0.2, 0.25) is 5.91 Å². The van der Waals surface area contributed by atoms with Crippen molar-refractivity contribution in [3.05, 3.63) is 84.4 Å². The lowest BCUT2D eigenvalue weighted by Crippen LogP contribution is -2.45. The van der Waals surface area contributed by atoms with E-state index < -0.39 is 0 Å². The maximum Gasteiger partial charge on any atom is 0.321 e. The number of anilines is 3. The largest absolute Gasteiger partial charge is 0.497 e. The van der Waals surface area contributed by atoms with Crippen molar-refractivity contribution in [3.8, 4) is 5.75 Å². The fourth-order valence-electron chi connectivity index (χ4n) is 3.93. The van der Waals surface area contributed by atoms with Crippen LogP contribution in [0.1, 0.15) is 23.2 Å². The van der Waals surface area contributed by atoms with E-state index in [1.807, 2.05) is 30.3 Å². The molecule has 0 bridgehead atoms. The zero-order chi connectivity index (χ0) is 24.6. The predicted molar refractivity (Wildman–Crippen MR) is 136 cm³/mol. The van der Waals surface area contributed by atoms with Crippen LogP contribution in [-0.4, -0.2) is 42.9 Å². The van der Waals surface area contributed by atoms with Crippen molar-refractivity contribution in [1.82, 2.24) is 4.90 Å². The van der Waals surface area contributed by atoms with Gasteiger partial charge in [-0.15, -0.1) is 0 Å². The molecule has 35 heavy (non-hydrogen) atoms. The lowest BCUT2D eigenvalue weighted by molar-refractivity contribution is -0.121. The number of hydrogen-bond donors (Lipinski definition) is 3. The van der Waals surface area contributed by atoms with Gasteiger partial charge in [0, 0.05) is 35.7 Å². The first-order valence-corrected chi connectivity index (χ1v) is 11.5. The van der Waals surface area contributed by atoms with Crippen LogP contribution in [-0.2, 0) is 4.79 Å². The highest BCUT2D eigenvalue weighted by Crippen LogP contribution is 2.21. The van der Waals surface area contributed by atoms with E-state index in [-0.39, 0.29) is 23.8 Å². The number of nitrogens with one attached hydrogen (secondary N) is 3. The zero-order valence-electron chi connectivity index (χ0n) is 19.5. The van der Waals surface area contributed by atoms with Crippen molar-refractivity contribution in [3.63, 3.8) is 0 Å². The molecule has 4 amide bonds. The van der Waals surface area contributed by atoms with Crippen molar-refractivity contribution in [1.29, 1.82) is 0 Å². The number of amides is 4. The molecular formula is C27H28N4O4. The molecule has 3 aromatic carbocycles. The molecule has 0 spiro atoms. The normalized spacial score (nSPS) is 15.1. The van der Waals surface area contributed by atoms with Crippen LogP contribution in [0.2, 0.25) is 0 Å². The minimum Gasteiger partial charge on any atom is -0.497 e. The van der Waals surface area contributed by atoms with E-state index >= 15 is 0 Å². The number of nitrogens with zero attached hydrogens (tertiary/aromatic N) is 1. The Balaban J connectivity index is 1.30. The van der Waals surface area contributed by atoms with Gasteiger partial charge < -0.3 is 25.6 Å². The van der Waals surface area contributed by atoms with Gasteiger partial charge in [-0.05, 0) is 73.5 Å². The Morgan fingerprint density at radius 2 is 1.43 bits per heavy atom. The summed E-state index contributed by atoms with van der Waals surface area (Å²) in [6, 6.07) is 22.8. The summed E-state index contributed by atoms with van der Waals surface area (Å²) in [4.78, 5) is 39.6. The van der Waals surface area contributed by atoms with Gasteiger partial charge >= 0.3 is 6.03 Å². The zero-order valence-corrected chi connectivity index (χ0v) is 19.5. The molecule has 3 aromatic rings. The summed E-state index contributed by atoms with van der Waals surface area (Å²) in [5.74, 6) is 0.0161. The molecule has 8 nitrogen and oxygen atoms in total. The molecule has 1 unspecified atom stereocenters. The molecule has 1 aliphatic rings. The van der Waals surface area contributed by atoms with Gasteiger partial charge in [-0.1, -0.05) is 18.2 Å². The first-order chi connectivity index (χ1) is 17.0. The third-order valence-corrected chi connectivity index (χ3v) is 5.87. The number of benzene rings is 3. The molecule has 0 aliphatic carbocycles. The number of rotatable bonds is 6. The van der Waals surface area contributed by atoms with Crippen LogP contribution in [0.3, 0.4) is 0 Å². The summed E-state index contributed by atoms with van der Waals surface area (Å²) in [6.07, 6.45) is 1.47. The number of likely N-dealkylation sites (tertiary alicyclic amines) is 1. The Bertz CT molecular complexity index is 1160.